The number of carbonyl (C=O) groups is 3. The molecule has 0 saturated carbocycles. The molecule has 306 valence electrons. The zero-order chi connectivity index (χ0) is 40.2. The number of benzene rings is 1. The summed E-state index contributed by atoms with van der Waals surface area (Å²) in [6, 6.07) is 8.87. The maximum Gasteiger partial charge on any atom is 0.305 e. The summed E-state index contributed by atoms with van der Waals surface area (Å²) < 4.78 is 24.6. The first-order chi connectivity index (χ1) is 26.3. The number of hydrogen-bond acceptors (Lipinski definition) is 13. The van der Waals surface area contributed by atoms with Gasteiger partial charge in [0.2, 0.25) is 5.91 Å². The molecule has 1 aromatic heterocycles. The molecule has 2 aromatic rings. The molecule has 2 aliphatic heterocycles. The van der Waals surface area contributed by atoms with Crippen LogP contribution in [-0.2, 0) is 33.3 Å². The van der Waals surface area contributed by atoms with E-state index in [-0.39, 0.29) is 37.1 Å². The van der Waals surface area contributed by atoms with Gasteiger partial charge in [0.25, 0.3) is 0 Å². The summed E-state index contributed by atoms with van der Waals surface area (Å²) in [6.07, 6.45) is -0.792. The van der Waals surface area contributed by atoms with Crippen LogP contribution in [0.15, 0.2) is 42.6 Å². The molecule has 1 amide bonds. The van der Waals surface area contributed by atoms with E-state index in [1.165, 1.54) is 7.11 Å². The molecule has 14 nitrogen and oxygen atoms in total. The van der Waals surface area contributed by atoms with Crippen molar-refractivity contribution in [2.45, 2.75) is 120 Å². The molecule has 4 unspecified atom stereocenters. The third-order valence-corrected chi connectivity index (χ3v) is 10.9. The van der Waals surface area contributed by atoms with Crippen LogP contribution in [-0.4, -0.2) is 151 Å². The first-order valence-corrected chi connectivity index (χ1v) is 19.4. The molecule has 4 rings (SSSR count). The molecular weight excluding hydrogens is 708 g/mol. The van der Waals surface area contributed by atoms with Crippen LogP contribution in [0.1, 0.15) is 64.9 Å². The molecular formula is C41H62N4O10. The number of nitrogens with zero attached hydrogens (tertiary/aromatic N) is 3. The highest BCUT2D eigenvalue weighted by Gasteiger charge is 2.48. The van der Waals surface area contributed by atoms with E-state index in [1.54, 1.807) is 39.0 Å². The third kappa shape index (κ3) is 12.3. The zero-order valence-corrected chi connectivity index (χ0v) is 33.3. The van der Waals surface area contributed by atoms with Crippen molar-refractivity contribution in [2.24, 2.45) is 11.8 Å². The van der Waals surface area contributed by atoms with Gasteiger partial charge >= 0.3 is 5.97 Å². The van der Waals surface area contributed by atoms with Gasteiger partial charge in [0.05, 0.1) is 42.4 Å². The summed E-state index contributed by atoms with van der Waals surface area (Å²) in [5.41, 5.74) is 1.83. The molecule has 2 fully saturated rings. The topological polar surface area (TPSA) is 180 Å². The average Bonchev–Trinajstić information content (AvgIpc) is 3.14. The van der Waals surface area contributed by atoms with E-state index in [1.807, 2.05) is 55.3 Å². The number of esters is 1. The minimum absolute atomic E-state index is 0.0166. The number of aromatic nitrogens is 1. The van der Waals surface area contributed by atoms with Gasteiger partial charge in [-0.25, -0.2) is 0 Å². The van der Waals surface area contributed by atoms with Crippen LogP contribution in [0.5, 0.6) is 0 Å². The highest BCUT2D eigenvalue weighted by Crippen LogP contribution is 2.34. The second kappa shape index (κ2) is 21.3. The molecule has 0 spiro atoms. The normalized spacial score (nSPS) is 33.5. The Hall–Kier alpha value is -3.34. The lowest BCUT2D eigenvalue weighted by Crippen LogP contribution is -2.63. The number of β-amino-alcohol motifs (C(OH)–C–C–N with tert-alkyl or cyclic N) is 1. The fourth-order valence-corrected chi connectivity index (χ4v) is 7.68. The number of aliphatic hydroxyl groups is 3. The molecule has 2 saturated heterocycles. The maximum absolute atomic E-state index is 14.0. The van der Waals surface area contributed by atoms with E-state index >= 15 is 0 Å². The Labute approximate surface area is 325 Å². The molecule has 3 heterocycles. The van der Waals surface area contributed by atoms with Gasteiger partial charge in [0.15, 0.2) is 6.29 Å². The van der Waals surface area contributed by atoms with Crippen molar-refractivity contribution in [3.05, 3.63) is 48.2 Å². The number of likely N-dealkylation sites (N-methyl/N-ethyl adjacent to an activating group) is 2. The summed E-state index contributed by atoms with van der Waals surface area (Å²) in [5, 5.41) is 37.9. The van der Waals surface area contributed by atoms with E-state index in [0.29, 0.717) is 32.4 Å². The number of pyridine rings is 1. The van der Waals surface area contributed by atoms with Gasteiger partial charge in [0.1, 0.15) is 24.6 Å². The summed E-state index contributed by atoms with van der Waals surface area (Å²) in [7, 11) is 6.78. The summed E-state index contributed by atoms with van der Waals surface area (Å²) in [5.74, 6) is -1.88. The van der Waals surface area contributed by atoms with Crippen molar-refractivity contribution in [1.82, 2.24) is 20.1 Å². The average molecular weight is 771 g/mol. The van der Waals surface area contributed by atoms with Gasteiger partial charge in [-0.1, -0.05) is 44.2 Å². The lowest BCUT2D eigenvalue weighted by atomic mass is 9.82. The van der Waals surface area contributed by atoms with E-state index in [9.17, 15) is 29.7 Å². The molecule has 1 aromatic carbocycles. The predicted octanol–water partition coefficient (Wildman–Crippen LogP) is 2.56. The number of aliphatic hydroxyl groups excluding tert-OH is 3. The second-order valence-corrected chi connectivity index (χ2v) is 15.4. The molecule has 14 heteroatoms. The van der Waals surface area contributed by atoms with Crippen LogP contribution >= 0.6 is 0 Å². The summed E-state index contributed by atoms with van der Waals surface area (Å²) in [6.45, 7) is 6.13. The lowest BCUT2D eigenvalue weighted by Gasteiger charge is -2.47. The van der Waals surface area contributed by atoms with Crippen molar-refractivity contribution in [3.63, 3.8) is 0 Å². The number of aldehydes is 1. The molecule has 4 N–H and O–H groups in total. The monoisotopic (exact) mass is 770 g/mol. The molecule has 55 heavy (non-hydrogen) atoms. The van der Waals surface area contributed by atoms with Crippen LogP contribution < -0.4 is 5.32 Å². The Kier molecular flexibility index (Phi) is 17.2. The highest BCUT2D eigenvalue weighted by molar-refractivity contribution is 5.80. The summed E-state index contributed by atoms with van der Waals surface area (Å²) >= 11 is 0. The Morgan fingerprint density at radius 3 is 2.56 bits per heavy atom. The largest absolute Gasteiger partial charge is 0.459 e. The predicted molar refractivity (Wildman–Crippen MR) is 208 cm³/mol. The zero-order valence-electron chi connectivity index (χ0n) is 33.3. The molecule has 12 atom stereocenters. The van der Waals surface area contributed by atoms with Crippen molar-refractivity contribution in [3.8, 4) is 0 Å². The second-order valence-electron chi connectivity index (χ2n) is 15.4. The fourth-order valence-electron chi connectivity index (χ4n) is 7.68. The van der Waals surface area contributed by atoms with Gasteiger partial charge in [-0.05, 0) is 83.4 Å². The van der Waals surface area contributed by atoms with Gasteiger partial charge < -0.3 is 54.2 Å². The Morgan fingerprint density at radius 1 is 1.13 bits per heavy atom. The van der Waals surface area contributed by atoms with Crippen LogP contribution in [0.4, 0.5) is 0 Å². The number of amides is 1. The van der Waals surface area contributed by atoms with Crippen LogP contribution in [0.3, 0.4) is 0 Å². The number of rotatable bonds is 11. The standard InChI is InChI=1S/C41H62N4O10/c1-8-35(49)54-33-22-34(48)43-30(14-11-12-27-21-28-13-9-10-15-31(28)42-23-27)16-18-45(6)24-32(47)25(2)20-29(17-19-46)39(40(33)52-7)55-41-38(51)36(44(4)5)37(50)26(3)53-41/h9-13,15,19,21,23,25-26,29-30,32-33,36-41,47,50-51H,8,14,16-18,20,22,24H2,1-7H3,(H,43,48)/b12-11+/t25-,26?,29+,30?,32+,33-,36?,37+,38?,39+,40+,41+/m1/s1. The van der Waals surface area contributed by atoms with Crippen molar-refractivity contribution in [1.29, 1.82) is 0 Å². The molecule has 2 aliphatic rings. The maximum atomic E-state index is 14.0. The number of para-hydroxylation sites is 1. The van der Waals surface area contributed by atoms with E-state index in [4.69, 9.17) is 18.9 Å². The van der Waals surface area contributed by atoms with Crippen molar-refractivity contribution >= 4 is 35.1 Å². The number of hydrogen-bond donors (Lipinski definition) is 4. The van der Waals surface area contributed by atoms with Crippen LogP contribution in [0.25, 0.3) is 17.0 Å². The highest BCUT2D eigenvalue weighted by atomic mass is 16.7. The SMILES string of the molecule is CCC(=O)O[C@@H]1CC(=O)NC(C/C=C/c2cnc3ccccc3c2)CCN(C)C[C@H](O)[C@H](C)C[C@H](CC=O)[C@H](O[C@@H]2OC(C)[C@H](O)C(N(C)C)C2O)[C@H]1OC. The smallest absolute Gasteiger partial charge is 0.305 e. The van der Waals surface area contributed by atoms with Crippen LogP contribution in [0, 0.1) is 11.8 Å². The number of nitrogens with one attached hydrogen (secondary N) is 1. The molecule has 0 aliphatic carbocycles. The third-order valence-electron chi connectivity index (χ3n) is 10.9. The summed E-state index contributed by atoms with van der Waals surface area (Å²) in [4.78, 5) is 47.4. The first-order valence-electron chi connectivity index (χ1n) is 19.4. The van der Waals surface area contributed by atoms with Crippen molar-refractivity contribution in [2.75, 3.05) is 41.3 Å². The number of ether oxygens (including phenoxy) is 4. The van der Waals surface area contributed by atoms with Gasteiger partial charge in [-0.3, -0.25) is 14.6 Å². The Balaban J connectivity index is 1.69. The minimum atomic E-state index is -1.32. The Morgan fingerprint density at radius 2 is 1.87 bits per heavy atom. The molecule has 0 bridgehead atoms. The van der Waals surface area contributed by atoms with Gasteiger partial charge in [-0.2, -0.15) is 0 Å². The first kappa shape index (κ1) is 44.4. The minimum Gasteiger partial charge on any atom is -0.459 e. The van der Waals surface area contributed by atoms with Crippen molar-refractivity contribution < 1.29 is 48.7 Å². The Bertz CT molecular complexity index is 1560. The quantitative estimate of drug-likeness (QED) is 0.194. The van der Waals surface area contributed by atoms with Gasteiger partial charge in [-0.15, -0.1) is 0 Å². The van der Waals surface area contributed by atoms with E-state index in [2.05, 4.69) is 16.4 Å². The number of carbonyl (C=O) groups excluding carboxylic acids is 3. The van der Waals surface area contributed by atoms with E-state index in [0.717, 1.165) is 22.8 Å². The number of fused-ring (bicyclic) bond motifs is 1. The van der Waals surface area contributed by atoms with Crippen LogP contribution in [0.2, 0.25) is 0 Å². The van der Waals surface area contributed by atoms with Gasteiger partial charge in [0, 0.05) is 44.1 Å². The molecule has 0 radical (unpaired) electrons. The van der Waals surface area contributed by atoms with E-state index < -0.39 is 66.9 Å². The fraction of sp³-hybridized carbons (Fsp3) is 0.659. The lowest BCUT2D eigenvalue weighted by molar-refractivity contribution is -0.309. The number of methoxy groups -OCH3 is 1.